The monoisotopic (exact) mass is 157 g/mol. The standard InChI is InChI=1S/C7H15N3O/c8-3-5-10-7(11)6-2-1-4-9-6/h6,9H,1-5,8H2,(H,10,11). The number of rotatable bonds is 3. The molecule has 0 aromatic heterocycles. The second-order valence-electron chi connectivity index (χ2n) is 2.73. The van der Waals surface area contributed by atoms with E-state index >= 15 is 0 Å². The van der Waals surface area contributed by atoms with Crippen LogP contribution in [0.4, 0.5) is 0 Å². The lowest BCUT2D eigenvalue weighted by Gasteiger charge is -2.09. The minimum absolute atomic E-state index is 0.0292. The Morgan fingerprint density at radius 1 is 1.73 bits per heavy atom. The van der Waals surface area contributed by atoms with Gasteiger partial charge >= 0.3 is 0 Å². The van der Waals surface area contributed by atoms with Crippen molar-refractivity contribution in [2.24, 2.45) is 5.73 Å². The molecule has 1 aliphatic heterocycles. The summed E-state index contributed by atoms with van der Waals surface area (Å²) in [4.78, 5) is 11.2. The molecular weight excluding hydrogens is 142 g/mol. The van der Waals surface area contributed by atoms with Crippen molar-refractivity contribution in [1.29, 1.82) is 0 Å². The van der Waals surface area contributed by atoms with E-state index in [9.17, 15) is 4.79 Å². The molecule has 1 unspecified atom stereocenters. The molecule has 4 nitrogen and oxygen atoms in total. The molecule has 1 saturated heterocycles. The minimum Gasteiger partial charge on any atom is -0.353 e. The average molecular weight is 157 g/mol. The zero-order valence-corrected chi connectivity index (χ0v) is 6.60. The first-order valence-electron chi connectivity index (χ1n) is 4.06. The molecule has 0 bridgehead atoms. The molecule has 1 aliphatic rings. The number of carbonyl (C=O) groups is 1. The van der Waals surface area contributed by atoms with Crippen LogP contribution in [-0.4, -0.2) is 31.6 Å². The van der Waals surface area contributed by atoms with Gasteiger partial charge in [-0.05, 0) is 19.4 Å². The molecule has 0 spiro atoms. The van der Waals surface area contributed by atoms with Crippen LogP contribution in [0.1, 0.15) is 12.8 Å². The van der Waals surface area contributed by atoms with Crippen LogP contribution in [-0.2, 0) is 4.79 Å². The van der Waals surface area contributed by atoms with Gasteiger partial charge in [-0.25, -0.2) is 0 Å². The summed E-state index contributed by atoms with van der Waals surface area (Å²) in [5, 5.41) is 5.86. The van der Waals surface area contributed by atoms with Crippen molar-refractivity contribution in [3.63, 3.8) is 0 Å². The van der Waals surface area contributed by atoms with Crippen LogP contribution in [0.3, 0.4) is 0 Å². The summed E-state index contributed by atoms with van der Waals surface area (Å²) >= 11 is 0. The van der Waals surface area contributed by atoms with Gasteiger partial charge in [-0.2, -0.15) is 0 Å². The molecule has 0 aliphatic carbocycles. The van der Waals surface area contributed by atoms with Gasteiger partial charge in [-0.1, -0.05) is 0 Å². The molecule has 1 amide bonds. The first kappa shape index (κ1) is 8.49. The van der Waals surface area contributed by atoms with Crippen LogP contribution in [0.2, 0.25) is 0 Å². The highest BCUT2D eigenvalue weighted by Crippen LogP contribution is 2.03. The van der Waals surface area contributed by atoms with Gasteiger partial charge in [0.15, 0.2) is 0 Å². The average Bonchev–Trinajstić information content (AvgIpc) is 2.52. The number of nitrogens with one attached hydrogen (secondary N) is 2. The quantitative estimate of drug-likeness (QED) is 0.483. The fourth-order valence-electron chi connectivity index (χ4n) is 1.23. The van der Waals surface area contributed by atoms with E-state index in [1.807, 2.05) is 0 Å². The summed E-state index contributed by atoms with van der Waals surface area (Å²) in [5.41, 5.74) is 5.24. The highest BCUT2D eigenvalue weighted by atomic mass is 16.2. The van der Waals surface area contributed by atoms with Crippen molar-refractivity contribution in [2.45, 2.75) is 18.9 Å². The maximum absolute atomic E-state index is 11.2. The van der Waals surface area contributed by atoms with Gasteiger partial charge in [-0.15, -0.1) is 0 Å². The van der Waals surface area contributed by atoms with Gasteiger partial charge in [0, 0.05) is 13.1 Å². The van der Waals surface area contributed by atoms with E-state index in [1.165, 1.54) is 0 Å². The molecule has 0 aromatic carbocycles. The maximum atomic E-state index is 11.2. The van der Waals surface area contributed by atoms with E-state index in [0.29, 0.717) is 13.1 Å². The first-order valence-corrected chi connectivity index (χ1v) is 4.06. The van der Waals surface area contributed by atoms with Crippen molar-refractivity contribution in [3.05, 3.63) is 0 Å². The van der Waals surface area contributed by atoms with Crippen LogP contribution in [0.15, 0.2) is 0 Å². The number of amides is 1. The third kappa shape index (κ3) is 2.48. The predicted octanol–water partition coefficient (Wildman–Crippen LogP) is -1.19. The van der Waals surface area contributed by atoms with E-state index in [2.05, 4.69) is 10.6 Å². The van der Waals surface area contributed by atoms with Crippen molar-refractivity contribution in [1.82, 2.24) is 10.6 Å². The summed E-state index contributed by atoms with van der Waals surface area (Å²) < 4.78 is 0. The highest BCUT2D eigenvalue weighted by Gasteiger charge is 2.20. The van der Waals surface area contributed by atoms with Crippen molar-refractivity contribution in [3.8, 4) is 0 Å². The van der Waals surface area contributed by atoms with Gasteiger partial charge in [0.2, 0.25) is 5.91 Å². The van der Waals surface area contributed by atoms with E-state index < -0.39 is 0 Å². The zero-order valence-electron chi connectivity index (χ0n) is 6.60. The normalized spacial score (nSPS) is 23.5. The summed E-state index contributed by atoms with van der Waals surface area (Å²) in [6, 6.07) is 0.0292. The molecule has 4 heteroatoms. The summed E-state index contributed by atoms with van der Waals surface area (Å²) in [5.74, 6) is 0.0907. The predicted molar refractivity (Wildman–Crippen MR) is 43.1 cm³/mol. The lowest BCUT2D eigenvalue weighted by Crippen LogP contribution is -2.42. The minimum atomic E-state index is 0.0292. The Kier molecular flexibility index (Phi) is 3.32. The largest absolute Gasteiger partial charge is 0.353 e. The van der Waals surface area contributed by atoms with Gasteiger partial charge < -0.3 is 16.4 Å². The Morgan fingerprint density at radius 3 is 3.09 bits per heavy atom. The van der Waals surface area contributed by atoms with Crippen LogP contribution in [0.25, 0.3) is 0 Å². The van der Waals surface area contributed by atoms with E-state index in [-0.39, 0.29) is 11.9 Å². The van der Waals surface area contributed by atoms with Gasteiger partial charge in [-0.3, -0.25) is 4.79 Å². The Morgan fingerprint density at radius 2 is 2.55 bits per heavy atom. The summed E-state index contributed by atoms with van der Waals surface area (Å²) in [6.45, 7) is 2.05. The Balaban J connectivity index is 2.17. The molecule has 0 saturated carbocycles. The molecule has 1 fully saturated rings. The third-order valence-electron chi connectivity index (χ3n) is 1.82. The fourth-order valence-corrected chi connectivity index (χ4v) is 1.23. The summed E-state index contributed by atoms with van der Waals surface area (Å²) in [6.07, 6.45) is 2.05. The number of carbonyl (C=O) groups excluding carboxylic acids is 1. The number of nitrogens with two attached hydrogens (primary N) is 1. The summed E-state index contributed by atoms with van der Waals surface area (Å²) in [7, 11) is 0. The fraction of sp³-hybridized carbons (Fsp3) is 0.857. The number of hydrogen-bond donors (Lipinski definition) is 3. The van der Waals surface area contributed by atoms with Crippen molar-refractivity contribution >= 4 is 5.91 Å². The lowest BCUT2D eigenvalue weighted by atomic mass is 10.2. The van der Waals surface area contributed by atoms with E-state index in [4.69, 9.17) is 5.73 Å². The first-order chi connectivity index (χ1) is 5.34. The molecule has 4 N–H and O–H groups in total. The highest BCUT2D eigenvalue weighted by molar-refractivity contribution is 5.81. The molecule has 64 valence electrons. The molecular formula is C7H15N3O. The molecule has 0 aromatic rings. The van der Waals surface area contributed by atoms with Crippen LogP contribution in [0.5, 0.6) is 0 Å². The van der Waals surface area contributed by atoms with Crippen molar-refractivity contribution < 1.29 is 4.79 Å². The van der Waals surface area contributed by atoms with Gasteiger partial charge in [0.1, 0.15) is 0 Å². The molecule has 11 heavy (non-hydrogen) atoms. The second-order valence-corrected chi connectivity index (χ2v) is 2.73. The second kappa shape index (κ2) is 4.31. The van der Waals surface area contributed by atoms with Crippen molar-refractivity contribution in [2.75, 3.05) is 19.6 Å². The van der Waals surface area contributed by atoms with Gasteiger partial charge in [0.25, 0.3) is 0 Å². The molecule has 1 rings (SSSR count). The van der Waals surface area contributed by atoms with E-state index in [1.54, 1.807) is 0 Å². The Hall–Kier alpha value is -0.610. The van der Waals surface area contributed by atoms with Gasteiger partial charge in [0.05, 0.1) is 6.04 Å². The maximum Gasteiger partial charge on any atom is 0.237 e. The third-order valence-corrected chi connectivity index (χ3v) is 1.82. The van der Waals surface area contributed by atoms with E-state index in [0.717, 1.165) is 19.4 Å². The van der Waals surface area contributed by atoms with Crippen LogP contribution in [0, 0.1) is 0 Å². The molecule has 0 radical (unpaired) electrons. The van der Waals surface area contributed by atoms with Crippen LogP contribution < -0.4 is 16.4 Å². The molecule has 1 heterocycles. The SMILES string of the molecule is NCCNC(=O)C1CCCN1. The Labute approximate surface area is 66.5 Å². The number of hydrogen-bond acceptors (Lipinski definition) is 3. The Bertz CT molecular complexity index is 132. The lowest BCUT2D eigenvalue weighted by molar-refractivity contribution is -0.122. The van der Waals surface area contributed by atoms with Crippen LogP contribution >= 0.6 is 0 Å². The topological polar surface area (TPSA) is 67.1 Å². The smallest absolute Gasteiger partial charge is 0.237 e. The molecule has 1 atom stereocenters. The zero-order chi connectivity index (χ0) is 8.10.